The zero-order valence-electron chi connectivity index (χ0n) is 32.3. The van der Waals surface area contributed by atoms with E-state index in [2.05, 4.69) is 42.7 Å². The van der Waals surface area contributed by atoms with Crippen molar-refractivity contribution in [3.63, 3.8) is 0 Å². The predicted molar refractivity (Wildman–Crippen MR) is 205 cm³/mol. The van der Waals surface area contributed by atoms with Gasteiger partial charge in [0, 0.05) is 12.8 Å². The van der Waals surface area contributed by atoms with Crippen LogP contribution >= 0.6 is 7.82 Å². The molecule has 0 bridgehead atoms. The largest absolute Gasteiger partial charge is 0.472 e. The van der Waals surface area contributed by atoms with E-state index in [0.29, 0.717) is 12.8 Å². The molecule has 0 amide bonds. The van der Waals surface area contributed by atoms with E-state index < -0.39 is 51.8 Å². The molecule has 0 rings (SSSR count). The molecule has 0 saturated carbocycles. The van der Waals surface area contributed by atoms with E-state index in [1.165, 1.54) is 83.5 Å². The second kappa shape index (κ2) is 36.8. The van der Waals surface area contributed by atoms with Gasteiger partial charge in [0.15, 0.2) is 6.10 Å². The van der Waals surface area contributed by atoms with Crippen LogP contribution in [0.2, 0.25) is 0 Å². The molecule has 0 fully saturated rings. The number of allylic oxidation sites excluding steroid dienone is 4. The minimum Gasteiger partial charge on any atom is -0.462 e. The summed E-state index contributed by atoms with van der Waals surface area (Å²) in [7, 11) is -4.61. The van der Waals surface area contributed by atoms with Gasteiger partial charge in [-0.05, 0) is 38.5 Å². The number of phosphoric ester groups is 1. The number of aliphatic hydroxyl groups is 2. The van der Waals surface area contributed by atoms with Crippen LogP contribution in [0.4, 0.5) is 0 Å². The lowest BCUT2D eigenvalue weighted by molar-refractivity contribution is -0.161. The molecule has 10 nitrogen and oxygen atoms in total. The summed E-state index contributed by atoms with van der Waals surface area (Å²) < 4.78 is 32.6. The number of aliphatic hydroxyl groups excluding tert-OH is 2. The van der Waals surface area contributed by atoms with Crippen molar-refractivity contribution in [2.45, 2.75) is 193 Å². The van der Waals surface area contributed by atoms with Crippen LogP contribution in [0.1, 0.15) is 181 Å². The maximum Gasteiger partial charge on any atom is 0.472 e. The number of hydrogen-bond acceptors (Lipinski definition) is 9. The van der Waals surface area contributed by atoms with Crippen molar-refractivity contribution in [1.29, 1.82) is 0 Å². The SMILES string of the molecule is CCCCCC/C=C/C=C/CCCCCCCC(=O)OC[C@H](COP(=O)(O)OC[C@@H](O)CO)OC(=O)CCCCCCCCCCCCCCC. The number of ether oxygens (including phenoxy) is 2. The van der Waals surface area contributed by atoms with E-state index >= 15 is 0 Å². The minimum absolute atomic E-state index is 0.184. The van der Waals surface area contributed by atoms with Crippen LogP contribution in [0, 0.1) is 0 Å². The number of rotatable bonds is 38. The summed E-state index contributed by atoms with van der Waals surface area (Å²) >= 11 is 0. The first-order chi connectivity index (χ1) is 24.7. The monoisotopic (exact) mass is 747 g/mol. The molecule has 0 aliphatic heterocycles. The van der Waals surface area contributed by atoms with Gasteiger partial charge < -0.3 is 24.6 Å². The Morgan fingerprint density at radius 3 is 1.49 bits per heavy atom. The van der Waals surface area contributed by atoms with Gasteiger partial charge in [-0.15, -0.1) is 0 Å². The third-order valence-corrected chi connectivity index (χ3v) is 9.59. The summed E-state index contributed by atoms with van der Waals surface area (Å²) in [5, 5.41) is 18.3. The maximum atomic E-state index is 12.6. The first kappa shape index (κ1) is 49.5. The van der Waals surface area contributed by atoms with Crippen LogP contribution in [0.25, 0.3) is 0 Å². The van der Waals surface area contributed by atoms with Crippen molar-refractivity contribution >= 4 is 19.8 Å². The highest BCUT2D eigenvalue weighted by molar-refractivity contribution is 7.47. The van der Waals surface area contributed by atoms with Crippen molar-refractivity contribution in [3.05, 3.63) is 24.3 Å². The molecule has 3 N–H and O–H groups in total. The fourth-order valence-electron chi connectivity index (χ4n) is 5.45. The van der Waals surface area contributed by atoms with Gasteiger partial charge >= 0.3 is 19.8 Å². The van der Waals surface area contributed by atoms with Gasteiger partial charge in [0.1, 0.15) is 12.7 Å². The van der Waals surface area contributed by atoms with Crippen molar-refractivity contribution in [3.8, 4) is 0 Å². The Labute approximate surface area is 310 Å². The molecule has 0 heterocycles. The van der Waals surface area contributed by atoms with Crippen LogP contribution in [-0.2, 0) is 32.7 Å². The molecule has 0 aliphatic carbocycles. The number of carbonyl (C=O) groups excluding carboxylic acids is 2. The smallest absolute Gasteiger partial charge is 0.462 e. The van der Waals surface area contributed by atoms with Gasteiger partial charge in [-0.1, -0.05) is 154 Å². The first-order valence-corrected chi connectivity index (χ1v) is 21.8. The molecule has 11 heteroatoms. The lowest BCUT2D eigenvalue weighted by atomic mass is 10.0. The summed E-state index contributed by atoms with van der Waals surface area (Å²) in [6.07, 6.45) is 34.2. The van der Waals surface area contributed by atoms with Crippen molar-refractivity contribution in [2.75, 3.05) is 26.4 Å². The molecule has 0 saturated heterocycles. The highest BCUT2D eigenvalue weighted by Gasteiger charge is 2.27. The van der Waals surface area contributed by atoms with E-state index in [-0.39, 0.29) is 19.4 Å². The van der Waals surface area contributed by atoms with Crippen molar-refractivity contribution < 1.29 is 47.8 Å². The van der Waals surface area contributed by atoms with Crippen molar-refractivity contribution in [2.24, 2.45) is 0 Å². The zero-order valence-corrected chi connectivity index (χ0v) is 33.2. The lowest BCUT2D eigenvalue weighted by Gasteiger charge is -2.20. The van der Waals surface area contributed by atoms with E-state index in [1.54, 1.807) is 0 Å². The molecule has 0 aromatic rings. The Kier molecular flexibility index (Phi) is 35.7. The molecule has 0 aromatic heterocycles. The zero-order chi connectivity index (χ0) is 37.7. The maximum absolute atomic E-state index is 12.6. The Morgan fingerprint density at radius 2 is 1.00 bits per heavy atom. The molecule has 0 aliphatic rings. The average Bonchev–Trinajstić information content (AvgIpc) is 3.12. The van der Waals surface area contributed by atoms with E-state index in [0.717, 1.165) is 57.8 Å². The first-order valence-electron chi connectivity index (χ1n) is 20.3. The molecular weight excluding hydrogens is 671 g/mol. The van der Waals surface area contributed by atoms with E-state index in [9.17, 15) is 24.2 Å². The standard InChI is InChI=1S/C40H75O10P/c1-3-5-7-9-11-13-15-17-18-20-21-23-25-27-29-31-39(43)47-35-38(36-49-51(45,46)48-34-37(42)33-41)50-40(44)32-30-28-26-24-22-19-16-14-12-10-8-6-4-2/h13,15,17-18,37-38,41-42H,3-12,14,16,19-36H2,1-2H3,(H,45,46)/b15-13+,18-17+/t37-,38+/m0/s1. The summed E-state index contributed by atoms with van der Waals surface area (Å²) in [6, 6.07) is 0. The number of esters is 2. The number of carbonyl (C=O) groups is 2. The van der Waals surface area contributed by atoms with Gasteiger partial charge in [0.05, 0.1) is 19.8 Å². The third kappa shape index (κ3) is 36.6. The van der Waals surface area contributed by atoms with Gasteiger partial charge in [-0.2, -0.15) is 0 Å². The highest BCUT2D eigenvalue weighted by atomic mass is 31.2. The second-order valence-electron chi connectivity index (χ2n) is 13.7. The van der Waals surface area contributed by atoms with Crippen LogP contribution in [0.5, 0.6) is 0 Å². The Bertz CT molecular complexity index is 910. The Morgan fingerprint density at radius 1 is 0.588 bits per heavy atom. The Balaban J connectivity index is 4.35. The summed E-state index contributed by atoms with van der Waals surface area (Å²) in [5.41, 5.74) is 0. The average molecular weight is 747 g/mol. The number of hydrogen-bond donors (Lipinski definition) is 3. The van der Waals surface area contributed by atoms with Crippen molar-refractivity contribution in [1.82, 2.24) is 0 Å². The Hall–Kier alpha value is -1.55. The molecule has 300 valence electrons. The summed E-state index contributed by atoms with van der Waals surface area (Å²) in [4.78, 5) is 34.9. The highest BCUT2D eigenvalue weighted by Crippen LogP contribution is 2.43. The van der Waals surface area contributed by atoms with Crippen LogP contribution in [0.3, 0.4) is 0 Å². The fraction of sp³-hybridized carbons (Fsp3) is 0.850. The predicted octanol–water partition coefficient (Wildman–Crippen LogP) is 10.2. The summed E-state index contributed by atoms with van der Waals surface area (Å²) in [6.45, 7) is 2.34. The lowest BCUT2D eigenvalue weighted by Crippen LogP contribution is -2.29. The fourth-order valence-corrected chi connectivity index (χ4v) is 6.24. The second-order valence-corrected chi connectivity index (χ2v) is 15.1. The molecule has 3 atom stereocenters. The van der Waals surface area contributed by atoms with Crippen LogP contribution in [-0.4, -0.2) is 65.7 Å². The minimum atomic E-state index is -4.61. The number of unbranched alkanes of at least 4 members (excludes halogenated alkanes) is 21. The van der Waals surface area contributed by atoms with Crippen LogP contribution < -0.4 is 0 Å². The van der Waals surface area contributed by atoms with Gasteiger partial charge in [0.25, 0.3) is 0 Å². The van der Waals surface area contributed by atoms with E-state index in [4.69, 9.17) is 19.1 Å². The molecule has 0 aromatic carbocycles. The molecule has 1 unspecified atom stereocenters. The van der Waals surface area contributed by atoms with Crippen LogP contribution in [0.15, 0.2) is 24.3 Å². The molecule has 0 spiro atoms. The van der Waals surface area contributed by atoms with Gasteiger partial charge in [-0.25, -0.2) is 4.57 Å². The van der Waals surface area contributed by atoms with Gasteiger partial charge in [-0.3, -0.25) is 18.6 Å². The van der Waals surface area contributed by atoms with E-state index in [1.807, 2.05) is 0 Å². The molecule has 51 heavy (non-hydrogen) atoms. The summed E-state index contributed by atoms with van der Waals surface area (Å²) in [5.74, 6) is -0.938. The topological polar surface area (TPSA) is 149 Å². The molecule has 0 radical (unpaired) electrons. The normalized spacial score (nSPS) is 14.2. The third-order valence-electron chi connectivity index (χ3n) is 8.64. The number of phosphoric acid groups is 1. The van der Waals surface area contributed by atoms with Gasteiger partial charge in [0.2, 0.25) is 0 Å². The quantitative estimate of drug-likeness (QED) is 0.0241. The molecular formula is C40H75O10P.